The molecule has 164 valence electrons. The molecule has 30 heavy (non-hydrogen) atoms. The van der Waals surface area contributed by atoms with Crippen LogP contribution in [-0.4, -0.2) is 42.5 Å². The van der Waals surface area contributed by atoms with Gasteiger partial charge in [0.2, 0.25) is 10.0 Å². The molecule has 1 aliphatic heterocycles. The molecular formula is C19H21F4N3O3S. The van der Waals surface area contributed by atoms with Gasteiger partial charge >= 0.3 is 6.18 Å². The molecule has 1 aliphatic rings. The van der Waals surface area contributed by atoms with Gasteiger partial charge in [0.1, 0.15) is 16.4 Å². The first-order valence-electron chi connectivity index (χ1n) is 9.29. The average molecular weight is 447 g/mol. The first-order chi connectivity index (χ1) is 14.0. The highest BCUT2D eigenvalue weighted by Crippen LogP contribution is 2.33. The number of amides is 1. The number of benzene rings is 1. The van der Waals surface area contributed by atoms with Crippen LogP contribution in [0.4, 0.5) is 17.6 Å². The van der Waals surface area contributed by atoms with Crippen molar-refractivity contribution in [3.05, 3.63) is 53.6 Å². The summed E-state index contributed by atoms with van der Waals surface area (Å²) in [6.07, 6.45) is -1.24. The first-order valence-corrected chi connectivity index (χ1v) is 10.7. The van der Waals surface area contributed by atoms with Crippen LogP contribution < -0.4 is 5.32 Å². The quantitative estimate of drug-likeness (QED) is 0.715. The molecule has 1 amide bonds. The second-order valence-electron chi connectivity index (χ2n) is 7.14. The number of nitrogens with one attached hydrogen (secondary N) is 1. The number of halogens is 4. The number of alkyl halides is 3. The number of nitrogens with zero attached hydrogens (tertiary/aromatic N) is 2. The molecule has 0 spiro atoms. The Morgan fingerprint density at radius 2 is 1.70 bits per heavy atom. The third kappa shape index (κ3) is 4.67. The average Bonchev–Trinajstić information content (AvgIpc) is 3.09. The van der Waals surface area contributed by atoms with Gasteiger partial charge < -0.3 is 9.88 Å². The van der Waals surface area contributed by atoms with E-state index in [0.29, 0.717) is 13.1 Å². The van der Waals surface area contributed by atoms with Gasteiger partial charge in [0.15, 0.2) is 6.04 Å². The largest absolute Gasteiger partial charge is 0.412 e. The number of aromatic nitrogens is 1. The van der Waals surface area contributed by atoms with Gasteiger partial charge in [0.25, 0.3) is 5.91 Å². The Kier molecular flexibility index (Phi) is 6.23. The molecule has 0 aliphatic carbocycles. The maximum Gasteiger partial charge on any atom is 0.412 e. The molecule has 1 unspecified atom stereocenters. The molecule has 2 heterocycles. The number of hydrogen-bond donors (Lipinski definition) is 1. The molecule has 11 heteroatoms. The van der Waals surface area contributed by atoms with Crippen molar-refractivity contribution < 1.29 is 30.8 Å². The van der Waals surface area contributed by atoms with E-state index in [0.717, 1.165) is 49.6 Å². The number of carbonyl (C=O) groups excluding carboxylic acids is 1. The summed E-state index contributed by atoms with van der Waals surface area (Å²) in [5, 5.41) is 1.88. The number of aryl methyl sites for hydroxylation is 1. The molecule has 2 aromatic rings. The van der Waals surface area contributed by atoms with Crippen LogP contribution in [0.3, 0.4) is 0 Å². The Labute approximate surface area is 171 Å². The SMILES string of the molecule is Cn1cc(S(=O)(=O)N2CCCCC2)cc1C(=O)NC(c1ccc(F)cc1)C(F)(F)F. The molecule has 0 bridgehead atoms. The van der Waals surface area contributed by atoms with Gasteiger partial charge in [-0.05, 0) is 36.6 Å². The van der Waals surface area contributed by atoms with Crippen LogP contribution in [-0.2, 0) is 17.1 Å². The number of hydrogen-bond acceptors (Lipinski definition) is 3. The Morgan fingerprint density at radius 1 is 1.10 bits per heavy atom. The Bertz CT molecular complexity index is 1010. The predicted octanol–water partition coefficient (Wildman–Crippen LogP) is 3.37. The summed E-state index contributed by atoms with van der Waals surface area (Å²) in [6.45, 7) is 0.721. The lowest BCUT2D eigenvalue weighted by atomic mass is 10.1. The van der Waals surface area contributed by atoms with Crippen LogP contribution in [0.5, 0.6) is 0 Å². The highest BCUT2D eigenvalue weighted by Gasteiger charge is 2.42. The zero-order valence-electron chi connectivity index (χ0n) is 16.1. The number of carbonyl (C=O) groups is 1. The van der Waals surface area contributed by atoms with Gasteiger partial charge in [0, 0.05) is 26.3 Å². The van der Waals surface area contributed by atoms with Crippen molar-refractivity contribution >= 4 is 15.9 Å². The fourth-order valence-corrected chi connectivity index (χ4v) is 4.96. The monoisotopic (exact) mass is 447 g/mol. The number of sulfonamides is 1. The third-order valence-electron chi connectivity index (χ3n) is 4.97. The lowest BCUT2D eigenvalue weighted by Gasteiger charge is -2.25. The van der Waals surface area contributed by atoms with Gasteiger partial charge in [-0.25, -0.2) is 12.8 Å². The maximum atomic E-state index is 13.5. The van der Waals surface area contributed by atoms with Crippen LogP contribution >= 0.6 is 0 Å². The van der Waals surface area contributed by atoms with E-state index in [4.69, 9.17) is 0 Å². The minimum Gasteiger partial charge on any atom is -0.345 e. The van der Waals surface area contributed by atoms with Crippen molar-refractivity contribution in [1.82, 2.24) is 14.2 Å². The number of piperidine rings is 1. The summed E-state index contributed by atoms with van der Waals surface area (Å²) in [5.41, 5.74) is -0.574. The van der Waals surface area contributed by atoms with Gasteiger partial charge in [-0.2, -0.15) is 17.5 Å². The summed E-state index contributed by atoms with van der Waals surface area (Å²) in [4.78, 5) is 12.4. The van der Waals surface area contributed by atoms with Crippen molar-refractivity contribution in [3.63, 3.8) is 0 Å². The maximum absolute atomic E-state index is 13.5. The fourth-order valence-electron chi connectivity index (χ4n) is 3.37. The molecule has 1 atom stereocenters. The van der Waals surface area contributed by atoms with Crippen molar-refractivity contribution in [2.24, 2.45) is 7.05 Å². The fraction of sp³-hybridized carbons (Fsp3) is 0.421. The van der Waals surface area contributed by atoms with Crippen LogP contribution in [0, 0.1) is 5.82 Å². The van der Waals surface area contributed by atoms with E-state index < -0.39 is 34.0 Å². The van der Waals surface area contributed by atoms with E-state index in [2.05, 4.69) is 0 Å². The minimum atomic E-state index is -4.83. The van der Waals surface area contributed by atoms with E-state index in [1.54, 1.807) is 0 Å². The van der Waals surface area contributed by atoms with Crippen molar-refractivity contribution in [2.75, 3.05) is 13.1 Å². The van der Waals surface area contributed by atoms with E-state index >= 15 is 0 Å². The number of rotatable bonds is 5. The van der Waals surface area contributed by atoms with Gasteiger partial charge in [-0.15, -0.1) is 0 Å². The Hall–Kier alpha value is -2.40. The van der Waals surface area contributed by atoms with Crippen LogP contribution in [0.15, 0.2) is 41.4 Å². The van der Waals surface area contributed by atoms with Crippen molar-refractivity contribution in [1.29, 1.82) is 0 Å². The van der Waals surface area contributed by atoms with E-state index in [1.165, 1.54) is 22.1 Å². The molecule has 1 saturated heterocycles. The zero-order valence-corrected chi connectivity index (χ0v) is 16.9. The lowest BCUT2D eigenvalue weighted by molar-refractivity contribution is -0.155. The highest BCUT2D eigenvalue weighted by molar-refractivity contribution is 7.89. The lowest BCUT2D eigenvalue weighted by Crippen LogP contribution is -2.38. The topological polar surface area (TPSA) is 71.4 Å². The molecule has 1 N–H and O–H groups in total. The van der Waals surface area contributed by atoms with Crippen molar-refractivity contribution in [2.45, 2.75) is 36.4 Å². The summed E-state index contributed by atoms with van der Waals surface area (Å²) in [6, 6.07) is 2.30. The van der Waals surface area contributed by atoms with Gasteiger partial charge in [-0.1, -0.05) is 18.6 Å². The standard InChI is InChI=1S/C19H21F4N3O3S/c1-25-12-15(30(28,29)26-9-3-2-4-10-26)11-16(25)18(27)24-17(19(21,22)23)13-5-7-14(20)8-6-13/h5-8,11-12,17H,2-4,9-10H2,1H3,(H,24,27). The molecule has 6 nitrogen and oxygen atoms in total. The zero-order chi connectivity index (χ0) is 22.1. The summed E-state index contributed by atoms with van der Waals surface area (Å²) < 4.78 is 81.6. The highest BCUT2D eigenvalue weighted by atomic mass is 32.2. The van der Waals surface area contributed by atoms with Crippen LogP contribution in [0.25, 0.3) is 0 Å². The molecular weight excluding hydrogens is 426 g/mol. The predicted molar refractivity (Wildman–Crippen MR) is 101 cm³/mol. The molecule has 1 fully saturated rings. The molecule has 1 aromatic heterocycles. The van der Waals surface area contributed by atoms with Crippen LogP contribution in [0.1, 0.15) is 41.4 Å². The Morgan fingerprint density at radius 3 is 2.27 bits per heavy atom. The normalized spacial score (nSPS) is 17.0. The molecule has 0 saturated carbocycles. The van der Waals surface area contributed by atoms with Gasteiger partial charge in [-0.3, -0.25) is 4.79 Å². The third-order valence-corrected chi connectivity index (χ3v) is 6.84. The summed E-state index contributed by atoms with van der Waals surface area (Å²) in [7, 11) is -2.46. The molecule has 0 radical (unpaired) electrons. The molecule has 3 rings (SSSR count). The van der Waals surface area contributed by atoms with E-state index in [1.807, 2.05) is 5.32 Å². The van der Waals surface area contributed by atoms with E-state index in [9.17, 15) is 30.8 Å². The summed E-state index contributed by atoms with van der Waals surface area (Å²) >= 11 is 0. The van der Waals surface area contributed by atoms with Crippen LogP contribution in [0.2, 0.25) is 0 Å². The van der Waals surface area contributed by atoms with E-state index in [-0.39, 0.29) is 16.2 Å². The second-order valence-corrected chi connectivity index (χ2v) is 9.07. The minimum absolute atomic E-state index is 0.151. The second kappa shape index (κ2) is 8.38. The molecule has 1 aromatic carbocycles. The Balaban J connectivity index is 1.86. The van der Waals surface area contributed by atoms with Gasteiger partial charge in [0.05, 0.1) is 0 Å². The van der Waals surface area contributed by atoms with Crippen molar-refractivity contribution in [3.8, 4) is 0 Å². The first kappa shape index (κ1) is 22.3. The smallest absolute Gasteiger partial charge is 0.345 e. The summed E-state index contributed by atoms with van der Waals surface area (Å²) in [5.74, 6) is -1.80.